The number of phenols is 2. The molecule has 2 aromatic carbocycles. The lowest BCUT2D eigenvalue weighted by Crippen LogP contribution is -2.20. The fourth-order valence-electron chi connectivity index (χ4n) is 2.28. The van der Waals surface area contributed by atoms with Gasteiger partial charge in [0, 0.05) is 17.0 Å². The van der Waals surface area contributed by atoms with E-state index in [2.05, 4.69) is 10.3 Å². The Morgan fingerprint density at radius 1 is 1.14 bits per heavy atom. The summed E-state index contributed by atoms with van der Waals surface area (Å²) in [5.41, 5.74) is 1.40. The molecule has 0 radical (unpaired) electrons. The Kier molecular flexibility index (Phi) is 5.75. The van der Waals surface area contributed by atoms with Gasteiger partial charge in [-0.1, -0.05) is 0 Å². The molecule has 1 aromatic heterocycles. The Morgan fingerprint density at radius 3 is 2.57 bits per heavy atom. The first-order valence-corrected chi connectivity index (χ1v) is 8.93. The minimum atomic E-state index is -0.884. The van der Waals surface area contributed by atoms with Crippen LogP contribution >= 0.6 is 11.3 Å². The van der Waals surface area contributed by atoms with Crippen LogP contribution in [-0.2, 0) is 9.53 Å². The summed E-state index contributed by atoms with van der Waals surface area (Å²) in [6.45, 7) is -0.545. The summed E-state index contributed by atoms with van der Waals surface area (Å²) >= 11 is 1.23. The molecule has 3 aromatic rings. The van der Waals surface area contributed by atoms with Crippen LogP contribution in [0.1, 0.15) is 10.4 Å². The van der Waals surface area contributed by atoms with Gasteiger partial charge in [-0.05, 0) is 36.4 Å². The van der Waals surface area contributed by atoms with Crippen LogP contribution in [0.5, 0.6) is 17.2 Å². The van der Waals surface area contributed by atoms with E-state index in [1.165, 1.54) is 23.5 Å². The highest BCUT2D eigenvalue weighted by Crippen LogP contribution is 2.26. The molecule has 28 heavy (non-hydrogen) atoms. The number of methoxy groups -OCH3 is 1. The maximum atomic E-state index is 12.0. The molecule has 0 unspecified atom stereocenters. The third kappa shape index (κ3) is 4.57. The largest absolute Gasteiger partial charge is 0.508 e. The average molecular weight is 400 g/mol. The van der Waals surface area contributed by atoms with Crippen molar-refractivity contribution in [2.24, 2.45) is 0 Å². The Balaban J connectivity index is 1.56. The molecule has 0 fully saturated rings. The smallest absolute Gasteiger partial charge is 0.342 e. The number of nitrogens with zero attached hydrogens (tertiary/aromatic N) is 1. The Bertz CT molecular complexity index is 1000. The predicted octanol–water partition coefficient (Wildman–Crippen LogP) is 3.03. The molecule has 0 saturated carbocycles. The van der Waals surface area contributed by atoms with Crippen molar-refractivity contribution in [1.82, 2.24) is 4.98 Å². The number of aromatic nitrogens is 1. The van der Waals surface area contributed by atoms with Crippen molar-refractivity contribution in [2.75, 3.05) is 19.0 Å². The maximum Gasteiger partial charge on any atom is 0.342 e. The van der Waals surface area contributed by atoms with Crippen molar-refractivity contribution >= 4 is 28.3 Å². The van der Waals surface area contributed by atoms with E-state index < -0.39 is 24.2 Å². The number of hydrogen-bond acceptors (Lipinski definition) is 8. The second-order valence-corrected chi connectivity index (χ2v) is 6.45. The molecule has 0 spiro atoms. The van der Waals surface area contributed by atoms with Gasteiger partial charge in [-0.2, -0.15) is 0 Å². The molecule has 3 N–H and O–H groups in total. The molecular weight excluding hydrogens is 384 g/mol. The number of benzene rings is 2. The van der Waals surface area contributed by atoms with Gasteiger partial charge in [-0.3, -0.25) is 10.1 Å². The fraction of sp³-hybridized carbons (Fsp3) is 0.105. The number of anilines is 1. The second kappa shape index (κ2) is 8.40. The molecule has 0 aliphatic carbocycles. The highest BCUT2D eigenvalue weighted by molar-refractivity contribution is 7.14. The van der Waals surface area contributed by atoms with Crippen LogP contribution in [0, 0.1) is 0 Å². The number of phenolic OH excluding ortho intramolecular Hbond substituents is 2. The van der Waals surface area contributed by atoms with Crippen LogP contribution in [0.3, 0.4) is 0 Å². The maximum absolute atomic E-state index is 12.0. The minimum Gasteiger partial charge on any atom is -0.508 e. The zero-order chi connectivity index (χ0) is 20.1. The molecule has 1 heterocycles. The van der Waals surface area contributed by atoms with E-state index in [1.807, 2.05) is 24.3 Å². The van der Waals surface area contributed by atoms with Crippen molar-refractivity contribution in [1.29, 1.82) is 0 Å². The summed E-state index contributed by atoms with van der Waals surface area (Å²) in [5.74, 6) is -1.35. The normalized spacial score (nSPS) is 10.3. The number of hydrogen-bond donors (Lipinski definition) is 3. The monoisotopic (exact) mass is 400 g/mol. The summed E-state index contributed by atoms with van der Waals surface area (Å²) in [5, 5.41) is 23.6. The number of rotatable bonds is 6. The number of carbonyl (C=O) groups excluding carboxylic acids is 2. The standard InChI is InChI=1S/C19H16N2O6S/c1-26-13-5-2-11(3-6-13)15-10-28-19(20-15)21-17(24)9-27-18(25)14-7-4-12(22)8-16(14)23/h2-8,10,22-23H,9H2,1H3,(H,20,21,24). The van der Waals surface area contributed by atoms with E-state index >= 15 is 0 Å². The van der Waals surface area contributed by atoms with Crippen LogP contribution in [0.15, 0.2) is 47.8 Å². The quantitative estimate of drug-likeness (QED) is 0.544. The van der Waals surface area contributed by atoms with Gasteiger partial charge in [0.25, 0.3) is 5.91 Å². The summed E-state index contributed by atoms with van der Waals surface area (Å²) in [6, 6.07) is 10.8. The number of amides is 1. The number of thiazole rings is 1. The zero-order valence-electron chi connectivity index (χ0n) is 14.7. The van der Waals surface area contributed by atoms with E-state index in [0.29, 0.717) is 10.8 Å². The van der Waals surface area contributed by atoms with Gasteiger partial charge in [-0.15, -0.1) is 11.3 Å². The first-order valence-electron chi connectivity index (χ1n) is 8.05. The number of carbonyl (C=O) groups is 2. The molecule has 0 aliphatic heterocycles. The van der Waals surface area contributed by atoms with Gasteiger partial charge in [0.15, 0.2) is 11.7 Å². The number of esters is 1. The Hall–Kier alpha value is -3.59. The van der Waals surface area contributed by atoms with Gasteiger partial charge < -0.3 is 19.7 Å². The van der Waals surface area contributed by atoms with Crippen molar-refractivity contribution in [3.8, 4) is 28.5 Å². The summed E-state index contributed by atoms with van der Waals surface area (Å²) in [4.78, 5) is 28.2. The highest BCUT2D eigenvalue weighted by atomic mass is 32.1. The molecule has 8 nitrogen and oxygen atoms in total. The van der Waals surface area contributed by atoms with E-state index in [9.17, 15) is 19.8 Å². The zero-order valence-corrected chi connectivity index (χ0v) is 15.5. The predicted molar refractivity (Wildman–Crippen MR) is 103 cm³/mol. The van der Waals surface area contributed by atoms with E-state index in [1.54, 1.807) is 12.5 Å². The molecule has 144 valence electrons. The molecule has 3 rings (SSSR count). The van der Waals surface area contributed by atoms with Gasteiger partial charge >= 0.3 is 5.97 Å². The van der Waals surface area contributed by atoms with Crippen molar-refractivity contribution in [2.45, 2.75) is 0 Å². The van der Waals surface area contributed by atoms with Crippen LogP contribution < -0.4 is 10.1 Å². The summed E-state index contributed by atoms with van der Waals surface area (Å²) in [6.07, 6.45) is 0. The Morgan fingerprint density at radius 2 is 1.89 bits per heavy atom. The molecule has 0 atom stereocenters. The van der Waals surface area contributed by atoms with E-state index in [0.717, 1.165) is 17.4 Å². The second-order valence-electron chi connectivity index (χ2n) is 5.59. The van der Waals surface area contributed by atoms with Crippen molar-refractivity contribution < 1.29 is 29.3 Å². The third-order valence-electron chi connectivity index (χ3n) is 3.67. The molecule has 0 aliphatic rings. The van der Waals surface area contributed by atoms with E-state index in [-0.39, 0.29) is 11.3 Å². The molecule has 0 saturated heterocycles. The first kappa shape index (κ1) is 19.2. The Labute approximate surface area is 164 Å². The molecule has 0 bridgehead atoms. The third-order valence-corrected chi connectivity index (χ3v) is 4.43. The van der Waals surface area contributed by atoms with Crippen molar-refractivity contribution in [3.05, 3.63) is 53.4 Å². The topological polar surface area (TPSA) is 118 Å². The first-order chi connectivity index (χ1) is 13.5. The fourth-order valence-corrected chi connectivity index (χ4v) is 3.02. The van der Waals surface area contributed by atoms with Gasteiger partial charge in [-0.25, -0.2) is 9.78 Å². The number of aromatic hydroxyl groups is 2. The lowest BCUT2D eigenvalue weighted by Gasteiger charge is -2.06. The number of nitrogens with one attached hydrogen (secondary N) is 1. The molecular formula is C19H16N2O6S. The van der Waals surface area contributed by atoms with Crippen LogP contribution in [0.2, 0.25) is 0 Å². The van der Waals surface area contributed by atoms with Crippen LogP contribution in [0.4, 0.5) is 5.13 Å². The van der Waals surface area contributed by atoms with Crippen LogP contribution in [-0.4, -0.2) is 40.8 Å². The van der Waals surface area contributed by atoms with Crippen molar-refractivity contribution in [3.63, 3.8) is 0 Å². The number of ether oxygens (including phenoxy) is 2. The lowest BCUT2D eigenvalue weighted by atomic mass is 10.2. The van der Waals surface area contributed by atoms with Gasteiger partial charge in [0.1, 0.15) is 22.8 Å². The summed E-state index contributed by atoms with van der Waals surface area (Å²) < 4.78 is 9.98. The lowest BCUT2D eigenvalue weighted by molar-refractivity contribution is -0.119. The SMILES string of the molecule is COc1ccc(-c2csc(NC(=O)COC(=O)c3ccc(O)cc3O)n2)cc1. The highest BCUT2D eigenvalue weighted by Gasteiger charge is 2.16. The van der Waals surface area contributed by atoms with Gasteiger partial charge in [0.05, 0.1) is 12.8 Å². The molecule has 1 amide bonds. The van der Waals surface area contributed by atoms with Crippen LogP contribution in [0.25, 0.3) is 11.3 Å². The molecule has 9 heteroatoms. The van der Waals surface area contributed by atoms with E-state index in [4.69, 9.17) is 9.47 Å². The van der Waals surface area contributed by atoms with Gasteiger partial charge in [0.2, 0.25) is 0 Å². The summed E-state index contributed by atoms with van der Waals surface area (Å²) in [7, 11) is 1.58. The average Bonchev–Trinajstić information content (AvgIpc) is 3.14. The minimum absolute atomic E-state index is 0.151.